The predicted molar refractivity (Wildman–Crippen MR) is 78.6 cm³/mol. The van der Waals surface area contributed by atoms with Crippen LogP contribution in [0.25, 0.3) is 5.57 Å². The molecule has 0 atom stereocenters. The molecule has 4 heteroatoms. The van der Waals surface area contributed by atoms with Crippen molar-refractivity contribution in [2.75, 3.05) is 6.54 Å². The molecule has 0 aliphatic carbocycles. The van der Waals surface area contributed by atoms with Crippen molar-refractivity contribution >= 4 is 17.2 Å². The molecule has 0 spiro atoms. The fourth-order valence-corrected chi connectivity index (χ4v) is 2.26. The second-order valence-corrected chi connectivity index (χ2v) is 4.49. The maximum atomic E-state index is 11.3. The largest absolute Gasteiger partial charge is 0.366 e. The number of hydrogen-bond acceptors (Lipinski definition) is 3. The molecular weight excluding hydrogens is 250 g/mol. The number of hydrogen-bond donors (Lipinski definition) is 1. The molecule has 0 radical (unpaired) electrons. The molecule has 1 aliphatic heterocycles. The third-order valence-corrected chi connectivity index (χ3v) is 3.21. The van der Waals surface area contributed by atoms with Crippen molar-refractivity contribution in [1.29, 1.82) is 0 Å². The molecule has 2 heterocycles. The van der Waals surface area contributed by atoms with Crippen molar-refractivity contribution < 1.29 is 4.79 Å². The molecule has 2 aromatic rings. The summed E-state index contributed by atoms with van der Waals surface area (Å²) in [6.45, 7) is 0.647. The van der Waals surface area contributed by atoms with E-state index in [4.69, 9.17) is 5.73 Å². The van der Waals surface area contributed by atoms with E-state index in [0.29, 0.717) is 12.1 Å². The number of primary amides is 1. The Balaban J connectivity index is 2.01. The number of nitrogens with zero attached hydrogens (tertiary/aromatic N) is 2. The van der Waals surface area contributed by atoms with Crippen LogP contribution in [-0.4, -0.2) is 23.1 Å². The van der Waals surface area contributed by atoms with Crippen LogP contribution in [0.1, 0.15) is 21.5 Å². The van der Waals surface area contributed by atoms with Gasteiger partial charge < -0.3 is 5.73 Å². The molecular formula is C16H13N3O. The molecule has 1 amide bonds. The summed E-state index contributed by atoms with van der Waals surface area (Å²) in [5, 5.41) is 0. The van der Waals surface area contributed by atoms with Crippen molar-refractivity contribution in [3.8, 4) is 0 Å². The van der Waals surface area contributed by atoms with E-state index < -0.39 is 5.91 Å². The highest BCUT2D eigenvalue weighted by Gasteiger charge is 2.16. The number of pyridine rings is 1. The van der Waals surface area contributed by atoms with Crippen LogP contribution < -0.4 is 5.73 Å². The number of carbonyl (C=O) groups excluding carboxylic acids is 1. The van der Waals surface area contributed by atoms with Gasteiger partial charge in [-0.25, -0.2) is 0 Å². The fraction of sp³-hybridized carbons (Fsp3) is 0.0625. The first-order chi connectivity index (χ1) is 9.75. The zero-order valence-corrected chi connectivity index (χ0v) is 10.8. The molecule has 1 aliphatic rings. The van der Waals surface area contributed by atoms with E-state index in [0.717, 1.165) is 22.4 Å². The Kier molecular flexibility index (Phi) is 3.13. The highest BCUT2D eigenvalue weighted by atomic mass is 16.1. The summed E-state index contributed by atoms with van der Waals surface area (Å²) in [7, 11) is 0. The molecule has 1 aromatic carbocycles. The van der Waals surface area contributed by atoms with Crippen molar-refractivity contribution in [3.05, 3.63) is 71.6 Å². The summed E-state index contributed by atoms with van der Waals surface area (Å²) in [6, 6.07) is 11.1. The quantitative estimate of drug-likeness (QED) is 0.921. The zero-order valence-electron chi connectivity index (χ0n) is 10.8. The topological polar surface area (TPSA) is 68.3 Å². The number of amides is 1. The standard InChI is InChI=1S/C16H13N3O/c17-16(20)13-3-1-2-12(10-13)15-14(6-9-19-15)11-4-7-18-8-5-11/h1-8,10H,9H2,(H2,17,20). The summed E-state index contributed by atoms with van der Waals surface area (Å²) < 4.78 is 0. The Hall–Kier alpha value is -2.75. The molecule has 0 saturated heterocycles. The highest BCUT2D eigenvalue weighted by Crippen LogP contribution is 2.24. The van der Waals surface area contributed by atoms with Gasteiger partial charge in [-0.1, -0.05) is 18.2 Å². The average Bonchev–Trinajstić information content (AvgIpc) is 2.98. The number of carbonyl (C=O) groups is 1. The van der Waals surface area contributed by atoms with Gasteiger partial charge in [0.15, 0.2) is 0 Å². The Labute approximate surface area is 116 Å². The van der Waals surface area contributed by atoms with Crippen LogP contribution in [0.4, 0.5) is 0 Å². The molecule has 0 saturated carbocycles. The van der Waals surface area contributed by atoms with Crippen LogP contribution in [0.5, 0.6) is 0 Å². The van der Waals surface area contributed by atoms with Gasteiger partial charge in [-0.05, 0) is 29.8 Å². The number of benzene rings is 1. The number of aromatic nitrogens is 1. The molecule has 2 N–H and O–H groups in total. The van der Waals surface area contributed by atoms with Gasteiger partial charge in [-0.3, -0.25) is 14.8 Å². The van der Waals surface area contributed by atoms with Gasteiger partial charge in [-0.15, -0.1) is 0 Å². The molecule has 0 fully saturated rings. The number of nitrogens with two attached hydrogens (primary N) is 1. The lowest BCUT2D eigenvalue weighted by molar-refractivity contribution is 0.100. The van der Waals surface area contributed by atoms with Gasteiger partial charge in [0.25, 0.3) is 0 Å². The number of aliphatic imine (C=N–C) groups is 1. The first kappa shape index (κ1) is 12.3. The summed E-state index contributed by atoms with van der Waals surface area (Å²) in [5.41, 5.74) is 9.74. The molecule has 3 rings (SSSR count). The van der Waals surface area contributed by atoms with E-state index >= 15 is 0 Å². The van der Waals surface area contributed by atoms with E-state index in [2.05, 4.69) is 16.1 Å². The van der Waals surface area contributed by atoms with Crippen molar-refractivity contribution in [1.82, 2.24) is 4.98 Å². The smallest absolute Gasteiger partial charge is 0.248 e. The SMILES string of the molecule is NC(=O)c1cccc(C2=NCC=C2c2ccncc2)c1. The van der Waals surface area contributed by atoms with Crippen LogP contribution in [0.15, 0.2) is 59.9 Å². The lowest BCUT2D eigenvalue weighted by atomic mass is 9.96. The van der Waals surface area contributed by atoms with E-state index in [1.54, 1.807) is 24.5 Å². The Morgan fingerprint density at radius 2 is 1.90 bits per heavy atom. The second kappa shape index (κ2) is 5.09. The molecule has 98 valence electrons. The third-order valence-electron chi connectivity index (χ3n) is 3.21. The first-order valence-corrected chi connectivity index (χ1v) is 6.31. The first-order valence-electron chi connectivity index (χ1n) is 6.31. The van der Waals surface area contributed by atoms with E-state index in [9.17, 15) is 4.79 Å². The normalized spacial score (nSPS) is 13.8. The maximum Gasteiger partial charge on any atom is 0.248 e. The van der Waals surface area contributed by atoms with E-state index in [1.807, 2.05) is 24.3 Å². The zero-order chi connectivity index (χ0) is 13.9. The Morgan fingerprint density at radius 1 is 1.10 bits per heavy atom. The molecule has 1 aromatic heterocycles. The monoisotopic (exact) mass is 263 g/mol. The summed E-state index contributed by atoms with van der Waals surface area (Å²) in [4.78, 5) is 19.8. The highest BCUT2D eigenvalue weighted by molar-refractivity contribution is 6.33. The van der Waals surface area contributed by atoms with Crippen LogP contribution in [0, 0.1) is 0 Å². The van der Waals surface area contributed by atoms with Crippen molar-refractivity contribution in [2.24, 2.45) is 10.7 Å². The van der Waals surface area contributed by atoms with Crippen LogP contribution in [0.3, 0.4) is 0 Å². The number of rotatable bonds is 3. The summed E-state index contributed by atoms with van der Waals surface area (Å²) in [6.07, 6.45) is 5.58. The molecule has 0 unspecified atom stereocenters. The van der Waals surface area contributed by atoms with Crippen LogP contribution >= 0.6 is 0 Å². The summed E-state index contributed by atoms with van der Waals surface area (Å²) in [5.74, 6) is -0.431. The lowest BCUT2D eigenvalue weighted by Crippen LogP contribution is -2.12. The molecule has 20 heavy (non-hydrogen) atoms. The van der Waals surface area contributed by atoms with Crippen LogP contribution in [0.2, 0.25) is 0 Å². The summed E-state index contributed by atoms with van der Waals surface area (Å²) >= 11 is 0. The minimum Gasteiger partial charge on any atom is -0.366 e. The van der Waals surface area contributed by atoms with Gasteiger partial charge in [-0.2, -0.15) is 0 Å². The van der Waals surface area contributed by atoms with Gasteiger partial charge in [0.2, 0.25) is 5.91 Å². The van der Waals surface area contributed by atoms with Gasteiger partial charge in [0.1, 0.15) is 0 Å². The van der Waals surface area contributed by atoms with E-state index in [1.165, 1.54) is 0 Å². The van der Waals surface area contributed by atoms with Gasteiger partial charge in [0, 0.05) is 29.1 Å². The molecule has 0 bridgehead atoms. The predicted octanol–water partition coefficient (Wildman–Crippen LogP) is 2.07. The third kappa shape index (κ3) is 2.23. The Morgan fingerprint density at radius 3 is 2.65 bits per heavy atom. The van der Waals surface area contributed by atoms with E-state index in [-0.39, 0.29) is 0 Å². The fourth-order valence-electron chi connectivity index (χ4n) is 2.26. The maximum absolute atomic E-state index is 11.3. The number of allylic oxidation sites excluding steroid dienone is 1. The lowest BCUT2D eigenvalue weighted by Gasteiger charge is -2.08. The Bertz CT molecular complexity index is 718. The molecule has 4 nitrogen and oxygen atoms in total. The minimum atomic E-state index is -0.431. The van der Waals surface area contributed by atoms with Crippen molar-refractivity contribution in [2.45, 2.75) is 0 Å². The van der Waals surface area contributed by atoms with Gasteiger partial charge >= 0.3 is 0 Å². The average molecular weight is 263 g/mol. The van der Waals surface area contributed by atoms with Gasteiger partial charge in [0.05, 0.1) is 12.3 Å². The van der Waals surface area contributed by atoms with Crippen LogP contribution in [-0.2, 0) is 0 Å². The minimum absolute atomic E-state index is 0.431. The van der Waals surface area contributed by atoms with Crippen molar-refractivity contribution in [3.63, 3.8) is 0 Å². The second-order valence-electron chi connectivity index (χ2n) is 4.49.